The van der Waals surface area contributed by atoms with Crippen LogP contribution in [0.15, 0.2) is 67.1 Å². The van der Waals surface area contributed by atoms with Gasteiger partial charge in [0.2, 0.25) is 0 Å². The highest BCUT2D eigenvalue weighted by atomic mass is 19.2. The van der Waals surface area contributed by atoms with Crippen LogP contribution in [0.3, 0.4) is 0 Å². The van der Waals surface area contributed by atoms with Crippen LogP contribution in [-0.4, -0.2) is 26.6 Å². The van der Waals surface area contributed by atoms with E-state index in [-0.39, 0.29) is 11.3 Å². The summed E-state index contributed by atoms with van der Waals surface area (Å²) < 4.78 is 28.2. The topological polar surface area (TPSA) is 73.8 Å². The Morgan fingerprint density at radius 3 is 2.62 bits per heavy atom. The van der Waals surface area contributed by atoms with Crippen LogP contribution in [0, 0.1) is 11.6 Å². The van der Waals surface area contributed by atoms with Gasteiger partial charge in [-0.15, -0.1) is 0 Å². The molecule has 0 saturated carbocycles. The molecule has 5 nitrogen and oxygen atoms in total. The zero-order valence-electron chi connectivity index (χ0n) is 15.4. The summed E-state index contributed by atoms with van der Waals surface area (Å²) in [6.07, 6.45) is 4.03. The van der Waals surface area contributed by atoms with Crippen LogP contribution in [0.25, 0.3) is 22.4 Å². The molecule has 0 fully saturated rings. The lowest BCUT2D eigenvalue weighted by Gasteiger charge is -2.12. The highest BCUT2D eigenvalue weighted by Crippen LogP contribution is 2.33. The van der Waals surface area contributed by atoms with Crippen LogP contribution in [-0.2, 0) is 6.42 Å². The number of hydrogen-bond donors (Lipinski definition) is 3. The number of aromatic nitrogens is 3. The minimum atomic E-state index is -0.926. The predicted molar refractivity (Wildman–Crippen MR) is 107 cm³/mol. The Hall–Kier alpha value is -3.74. The van der Waals surface area contributed by atoms with Crippen LogP contribution >= 0.6 is 0 Å². The van der Waals surface area contributed by atoms with E-state index in [0.717, 1.165) is 11.8 Å². The number of phenolic OH excluding ortho intramolecular Hbond substituents is 1. The summed E-state index contributed by atoms with van der Waals surface area (Å²) in [6, 6.07) is 14.1. The van der Waals surface area contributed by atoms with Gasteiger partial charge < -0.3 is 15.4 Å². The normalized spacial score (nSPS) is 10.8. The number of benzene rings is 2. The van der Waals surface area contributed by atoms with Gasteiger partial charge in [0.15, 0.2) is 11.6 Å². The van der Waals surface area contributed by atoms with Gasteiger partial charge in [-0.3, -0.25) is 0 Å². The Morgan fingerprint density at radius 2 is 1.83 bits per heavy atom. The van der Waals surface area contributed by atoms with Crippen molar-refractivity contribution in [2.75, 3.05) is 11.9 Å². The van der Waals surface area contributed by atoms with Crippen molar-refractivity contribution in [3.05, 3.63) is 84.4 Å². The molecule has 0 aliphatic heterocycles. The number of H-pyrrole nitrogens is 1. The lowest BCUT2D eigenvalue weighted by atomic mass is 10.0. The van der Waals surface area contributed by atoms with Crippen molar-refractivity contribution in [1.82, 2.24) is 15.0 Å². The van der Waals surface area contributed by atoms with Crippen molar-refractivity contribution in [3.8, 4) is 28.1 Å². The molecular weight excluding hydrogens is 374 g/mol. The molecular formula is C22H18F2N4O. The van der Waals surface area contributed by atoms with Crippen LogP contribution < -0.4 is 5.32 Å². The van der Waals surface area contributed by atoms with E-state index in [4.69, 9.17) is 0 Å². The fourth-order valence-electron chi connectivity index (χ4n) is 3.08. The summed E-state index contributed by atoms with van der Waals surface area (Å²) in [7, 11) is 0. The van der Waals surface area contributed by atoms with E-state index in [0.29, 0.717) is 35.6 Å². The maximum Gasteiger partial charge on any atom is 0.166 e. The van der Waals surface area contributed by atoms with E-state index in [9.17, 15) is 13.9 Å². The maximum atomic E-state index is 14.4. The Kier molecular flexibility index (Phi) is 5.20. The molecule has 0 spiro atoms. The number of para-hydroxylation sites is 1. The standard InChI is InChI=1S/C22H18F2N4O/c23-18-6-3-5-16(22(18)24)14-10-19(17-4-1-2-7-20(17)29)28-21(11-14)26-9-8-15-12-25-13-27-15/h1-7,10-13,29H,8-9H2,(H,25,27)(H,26,28). The molecule has 2 aromatic carbocycles. The van der Waals surface area contributed by atoms with Crippen LogP contribution in [0.4, 0.5) is 14.6 Å². The largest absolute Gasteiger partial charge is 0.507 e. The fraction of sp³-hybridized carbons (Fsp3) is 0.0909. The number of imidazole rings is 1. The molecule has 0 unspecified atom stereocenters. The van der Waals surface area contributed by atoms with Crippen molar-refractivity contribution in [2.45, 2.75) is 6.42 Å². The highest BCUT2D eigenvalue weighted by Gasteiger charge is 2.14. The molecule has 2 aromatic heterocycles. The van der Waals surface area contributed by atoms with E-state index >= 15 is 0 Å². The quantitative estimate of drug-likeness (QED) is 0.442. The second kappa shape index (κ2) is 8.10. The summed E-state index contributed by atoms with van der Waals surface area (Å²) in [4.78, 5) is 11.6. The van der Waals surface area contributed by atoms with Gasteiger partial charge in [-0.2, -0.15) is 0 Å². The first-order chi connectivity index (χ1) is 14.1. The summed E-state index contributed by atoms with van der Waals surface area (Å²) in [6.45, 7) is 0.560. The molecule has 7 heteroatoms. The number of hydrogen-bond acceptors (Lipinski definition) is 4. The van der Waals surface area contributed by atoms with Crippen molar-refractivity contribution in [3.63, 3.8) is 0 Å². The Bertz CT molecular complexity index is 1130. The molecule has 0 bridgehead atoms. The zero-order valence-corrected chi connectivity index (χ0v) is 15.4. The van der Waals surface area contributed by atoms with Crippen molar-refractivity contribution in [1.29, 1.82) is 0 Å². The Labute approximate surface area is 166 Å². The smallest absolute Gasteiger partial charge is 0.166 e. The summed E-state index contributed by atoms with van der Waals surface area (Å²) in [5, 5.41) is 13.4. The second-order valence-electron chi connectivity index (χ2n) is 6.50. The summed E-state index contributed by atoms with van der Waals surface area (Å²) in [5.74, 6) is -1.30. The van der Waals surface area contributed by atoms with Gasteiger partial charge in [0.05, 0.1) is 12.0 Å². The zero-order chi connectivity index (χ0) is 20.2. The fourth-order valence-corrected chi connectivity index (χ4v) is 3.08. The first-order valence-corrected chi connectivity index (χ1v) is 9.08. The molecule has 4 aromatic rings. The van der Waals surface area contributed by atoms with Crippen molar-refractivity contribution < 1.29 is 13.9 Å². The van der Waals surface area contributed by atoms with E-state index < -0.39 is 11.6 Å². The number of anilines is 1. The molecule has 0 radical (unpaired) electrons. The minimum Gasteiger partial charge on any atom is -0.507 e. The first kappa shape index (κ1) is 18.6. The van der Waals surface area contributed by atoms with Gasteiger partial charge >= 0.3 is 0 Å². The SMILES string of the molecule is Oc1ccccc1-c1cc(-c2cccc(F)c2F)cc(NCCc2cnc[nH]2)n1. The number of aromatic hydroxyl groups is 1. The van der Waals surface area contributed by atoms with E-state index in [2.05, 4.69) is 20.3 Å². The average Bonchev–Trinajstić information content (AvgIpc) is 3.24. The molecule has 29 heavy (non-hydrogen) atoms. The van der Waals surface area contributed by atoms with Crippen molar-refractivity contribution in [2.24, 2.45) is 0 Å². The van der Waals surface area contributed by atoms with E-state index in [1.54, 1.807) is 48.9 Å². The van der Waals surface area contributed by atoms with Crippen LogP contribution in [0.5, 0.6) is 5.75 Å². The van der Waals surface area contributed by atoms with Crippen molar-refractivity contribution >= 4 is 5.82 Å². The number of pyridine rings is 1. The van der Waals surface area contributed by atoms with Crippen LogP contribution in [0.2, 0.25) is 0 Å². The molecule has 4 rings (SSSR count). The van der Waals surface area contributed by atoms with Gasteiger partial charge in [-0.25, -0.2) is 18.7 Å². The third-order valence-electron chi connectivity index (χ3n) is 4.52. The Balaban J connectivity index is 1.73. The maximum absolute atomic E-state index is 14.4. The summed E-state index contributed by atoms with van der Waals surface area (Å²) in [5.41, 5.74) is 2.50. The van der Waals surface area contributed by atoms with Crippen LogP contribution in [0.1, 0.15) is 5.69 Å². The average molecular weight is 392 g/mol. The number of aromatic amines is 1. The number of phenols is 1. The van der Waals surface area contributed by atoms with E-state index in [1.807, 2.05) is 0 Å². The Morgan fingerprint density at radius 1 is 1.00 bits per heavy atom. The predicted octanol–water partition coefficient (Wildman–Crippen LogP) is 4.78. The second-order valence-corrected chi connectivity index (χ2v) is 6.50. The number of nitrogens with zero attached hydrogens (tertiary/aromatic N) is 2. The molecule has 3 N–H and O–H groups in total. The number of rotatable bonds is 6. The van der Waals surface area contributed by atoms with Gasteiger partial charge in [-0.05, 0) is 35.9 Å². The third-order valence-corrected chi connectivity index (χ3v) is 4.52. The molecule has 0 atom stereocenters. The molecule has 0 amide bonds. The number of nitrogens with one attached hydrogen (secondary N) is 2. The monoisotopic (exact) mass is 392 g/mol. The van der Waals surface area contributed by atoms with Gasteiger partial charge in [0, 0.05) is 36.0 Å². The van der Waals surface area contributed by atoms with Gasteiger partial charge in [-0.1, -0.05) is 24.3 Å². The minimum absolute atomic E-state index is 0.0558. The van der Waals surface area contributed by atoms with E-state index in [1.165, 1.54) is 12.1 Å². The lowest BCUT2D eigenvalue weighted by molar-refractivity contribution is 0.477. The third kappa shape index (κ3) is 4.08. The number of halogens is 2. The highest BCUT2D eigenvalue weighted by molar-refractivity contribution is 5.76. The van der Waals surface area contributed by atoms with Gasteiger partial charge in [0.25, 0.3) is 0 Å². The molecule has 146 valence electrons. The summed E-state index contributed by atoms with van der Waals surface area (Å²) >= 11 is 0. The molecule has 0 saturated heterocycles. The molecule has 0 aliphatic rings. The first-order valence-electron chi connectivity index (χ1n) is 9.08. The lowest BCUT2D eigenvalue weighted by Crippen LogP contribution is -2.07. The molecule has 0 aliphatic carbocycles. The van der Waals surface area contributed by atoms with Gasteiger partial charge in [0.1, 0.15) is 11.6 Å². The molecule has 2 heterocycles.